The molecule has 0 unspecified atom stereocenters. The number of thioether (sulfide) groups is 1. The molecule has 0 saturated carbocycles. The Labute approximate surface area is 175 Å². The van der Waals surface area contributed by atoms with Crippen molar-refractivity contribution in [3.8, 4) is 0 Å². The molecule has 3 aromatic rings. The molecule has 1 saturated heterocycles. The van der Waals surface area contributed by atoms with E-state index in [2.05, 4.69) is 25.2 Å². The van der Waals surface area contributed by atoms with Gasteiger partial charge in [0.2, 0.25) is 5.91 Å². The summed E-state index contributed by atoms with van der Waals surface area (Å²) in [5, 5.41) is 5.17. The Morgan fingerprint density at radius 1 is 1.36 bits per heavy atom. The van der Waals surface area contributed by atoms with E-state index in [0.29, 0.717) is 23.9 Å². The Bertz CT molecular complexity index is 1010. The van der Waals surface area contributed by atoms with Gasteiger partial charge in [-0.2, -0.15) is 4.98 Å². The highest BCUT2D eigenvalue weighted by atomic mass is 35.5. The van der Waals surface area contributed by atoms with Crippen molar-refractivity contribution >= 4 is 61.8 Å². The SMILES string of the molecule is Cc1ccc(Cl)cc1NC(=O)CSc1ncnc2nc(N3CCOCC3)sc12. The average Bonchev–Trinajstić information content (AvgIpc) is 3.15. The molecule has 4 rings (SSSR count). The van der Waals surface area contributed by atoms with Gasteiger partial charge in [-0.3, -0.25) is 4.79 Å². The smallest absolute Gasteiger partial charge is 0.234 e. The third kappa shape index (κ3) is 4.38. The molecule has 1 aliphatic rings. The number of aryl methyl sites for hydroxylation is 1. The topological polar surface area (TPSA) is 80.2 Å². The number of amides is 1. The molecule has 0 radical (unpaired) electrons. The highest BCUT2D eigenvalue weighted by Crippen LogP contribution is 2.34. The van der Waals surface area contributed by atoms with E-state index in [9.17, 15) is 4.79 Å². The second-order valence-corrected chi connectivity index (χ2v) is 8.60. The summed E-state index contributed by atoms with van der Waals surface area (Å²) in [7, 11) is 0. The number of rotatable bonds is 5. The van der Waals surface area contributed by atoms with Gasteiger partial charge in [-0.1, -0.05) is 40.8 Å². The monoisotopic (exact) mass is 435 g/mol. The number of anilines is 2. The number of nitrogens with one attached hydrogen (secondary N) is 1. The predicted octanol–water partition coefficient (Wildman–Crippen LogP) is 3.62. The molecule has 1 fully saturated rings. The fourth-order valence-corrected chi connectivity index (χ4v) is 4.88. The standard InChI is InChI=1S/C18H18ClN5O2S2/c1-11-2-3-12(19)8-13(11)22-14(25)9-27-17-15-16(20-10-21-17)23-18(28-15)24-4-6-26-7-5-24/h2-3,8,10H,4-7,9H2,1H3,(H,22,25). The van der Waals surface area contributed by atoms with Crippen molar-refractivity contribution in [2.45, 2.75) is 11.9 Å². The van der Waals surface area contributed by atoms with E-state index in [1.54, 1.807) is 23.5 Å². The molecule has 2 aromatic heterocycles. The Balaban J connectivity index is 1.46. The van der Waals surface area contributed by atoms with Crippen molar-refractivity contribution in [1.29, 1.82) is 0 Å². The van der Waals surface area contributed by atoms with Gasteiger partial charge in [0.15, 0.2) is 10.8 Å². The molecule has 28 heavy (non-hydrogen) atoms. The van der Waals surface area contributed by atoms with Gasteiger partial charge in [0.1, 0.15) is 16.1 Å². The fraction of sp³-hybridized carbons (Fsp3) is 0.333. The molecule has 10 heteroatoms. The van der Waals surface area contributed by atoms with Crippen LogP contribution < -0.4 is 10.2 Å². The van der Waals surface area contributed by atoms with Crippen molar-refractivity contribution in [3.63, 3.8) is 0 Å². The number of morpholine rings is 1. The maximum atomic E-state index is 12.4. The van der Waals surface area contributed by atoms with Gasteiger partial charge >= 0.3 is 0 Å². The summed E-state index contributed by atoms with van der Waals surface area (Å²) in [5.41, 5.74) is 2.35. The lowest BCUT2D eigenvalue weighted by atomic mass is 10.2. The third-order valence-corrected chi connectivity index (χ3v) is 6.71. The van der Waals surface area contributed by atoms with E-state index in [1.807, 2.05) is 13.0 Å². The number of hydrogen-bond acceptors (Lipinski definition) is 8. The summed E-state index contributed by atoms with van der Waals surface area (Å²) in [6.45, 7) is 4.96. The summed E-state index contributed by atoms with van der Waals surface area (Å²) in [4.78, 5) is 27.8. The van der Waals surface area contributed by atoms with Crippen LogP contribution in [0.15, 0.2) is 29.6 Å². The first-order valence-corrected chi connectivity index (χ1v) is 10.9. The third-order valence-electron chi connectivity index (χ3n) is 4.24. The van der Waals surface area contributed by atoms with Crippen molar-refractivity contribution < 1.29 is 9.53 Å². The minimum Gasteiger partial charge on any atom is -0.378 e. The van der Waals surface area contributed by atoms with Gasteiger partial charge in [0, 0.05) is 23.8 Å². The number of benzene rings is 1. The number of carbonyl (C=O) groups excluding carboxylic acids is 1. The zero-order valence-electron chi connectivity index (χ0n) is 15.1. The van der Waals surface area contributed by atoms with Crippen LogP contribution in [-0.4, -0.2) is 52.9 Å². The van der Waals surface area contributed by atoms with Gasteiger partial charge in [0.05, 0.1) is 19.0 Å². The Morgan fingerprint density at radius 2 is 2.18 bits per heavy atom. The van der Waals surface area contributed by atoms with Gasteiger partial charge in [-0.05, 0) is 24.6 Å². The lowest BCUT2D eigenvalue weighted by molar-refractivity contribution is -0.113. The number of hydrogen-bond donors (Lipinski definition) is 1. The van der Waals surface area contributed by atoms with Crippen LogP contribution in [-0.2, 0) is 9.53 Å². The summed E-state index contributed by atoms with van der Waals surface area (Å²) < 4.78 is 6.30. The largest absolute Gasteiger partial charge is 0.378 e. The number of nitrogens with zero attached hydrogens (tertiary/aromatic N) is 4. The zero-order chi connectivity index (χ0) is 19.5. The number of aromatic nitrogens is 3. The molecule has 1 N–H and O–H groups in total. The van der Waals surface area contributed by atoms with E-state index in [1.165, 1.54) is 18.1 Å². The zero-order valence-corrected chi connectivity index (χ0v) is 17.5. The van der Waals surface area contributed by atoms with Gasteiger partial charge < -0.3 is 15.0 Å². The summed E-state index contributed by atoms with van der Waals surface area (Å²) in [6.07, 6.45) is 1.49. The van der Waals surface area contributed by atoms with Crippen molar-refractivity contribution in [1.82, 2.24) is 15.0 Å². The van der Waals surface area contributed by atoms with Crippen LogP contribution in [0.25, 0.3) is 10.3 Å². The molecule has 0 aliphatic carbocycles. The molecular weight excluding hydrogens is 418 g/mol. The molecule has 1 aromatic carbocycles. The van der Waals surface area contributed by atoms with Gasteiger partial charge in [-0.25, -0.2) is 9.97 Å². The van der Waals surface area contributed by atoms with E-state index in [0.717, 1.165) is 39.2 Å². The number of halogens is 1. The quantitative estimate of drug-likeness (QED) is 0.484. The first-order valence-electron chi connectivity index (χ1n) is 8.73. The molecule has 0 atom stereocenters. The second-order valence-electron chi connectivity index (χ2n) is 6.22. The molecule has 3 heterocycles. The summed E-state index contributed by atoms with van der Waals surface area (Å²) in [5.74, 6) is 0.128. The lowest BCUT2D eigenvalue weighted by Gasteiger charge is -2.25. The van der Waals surface area contributed by atoms with Crippen LogP contribution in [0.1, 0.15) is 5.56 Å². The summed E-state index contributed by atoms with van der Waals surface area (Å²) >= 11 is 8.95. The molecule has 146 valence electrons. The number of carbonyl (C=O) groups is 1. The van der Waals surface area contributed by atoms with Crippen molar-refractivity contribution in [2.24, 2.45) is 0 Å². The second kappa shape index (κ2) is 8.60. The van der Waals surface area contributed by atoms with Crippen LogP contribution in [0.3, 0.4) is 0 Å². The van der Waals surface area contributed by atoms with Crippen LogP contribution in [0.2, 0.25) is 5.02 Å². The molecule has 1 aliphatic heterocycles. The highest BCUT2D eigenvalue weighted by Gasteiger charge is 2.18. The first kappa shape index (κ1) is 19.4. The van der Waals surface area contributed by atoms with E-state index in [4.69, 9.17) is 16.3 Å². The molecule has 0 spiro atoms. The van der Waals surface area contributed by atoms with Gasteiger partial charge in [0.25, 0.3) is 0 Å². The number of ether oxygens (including phenoxy) is 1. The van der Waals surface area contributed by atoms with Crippen LogP contribution in [0.5, 0.6) is 0 Å². The average molecular weight is 436 g/mol. The predicted molar refractivity (Wildman–Crippen MR) is 114 cm³/mol. The molecule has 0 bridgehead atoms. The van der Waals surface area contributed by atoms with Crippen molar-refractivity contribution in [2.75, 3.05) is 42.3 Å². The number of fused-ring (bicyclic) bond motifs is 1. The van der Waals surface area contributed by atoms with Crippen LogP contribution in [0, 0.1) is 6.92 Å². The maximum Gasteiger partial charge on any atom is 0.234 e. The number of thiazole rings is 1. The van der Waals surface area contributed by atoms with Crippen molar-refractivity contribution in [3.05, 3.63) is 35.1 Å². The molecular formula is C18H18ClN5O2S2. The Hall–Kier alpha value is -1.94. The van der Waals surface area contributed by atoms with Crippen LogP contribution >= 0.6 is 34.7 Å². The van der Waals surface area contributed by atoms with E-state index in [-0.39, 0.29) is 11.7 Å². The highest BCUT2D eigenvalue weighted by molar-refractivity contribution is 8.00. The minimum atomic E-state index is -0.111. The first-order chi connectivity index (χ1) is 13.6. The van der Waals surface area contributed by atoms with Crippen LogP contribution in [0.4, 0.5) is 10.8 Å². The van der Waals surface area contributed by atoms with Gasteiger partial charge in [-0.15, -0.1) is 0 Å². The normalized spacial score (nSPS) is 14.4. The maximum absolute atomic E-state index is 12.4. The minimum absolute atomic E-state index is 0.111. The summed E-state index contributed by atoms with van der Waals surface area (Å²) in [6, 6.07) is 5.43. The molecule has 7 nitrogen and oxygen atoms in total. The lowest BCUT2D eigenvalue weighted by Crippen LogP contribution is -2.36. The Morgan fingerprint density at radius 3 is 3.00 bits per heavy atom. The molecule has 1 amide bonds. The fourth-order valence-electron chi connectivity index (χ4n) is 2.76. The van der Waals surface area contributed by atoms with E-state index >= 15 is 0 Å². The van der Waals surface area contributed by atoms with E-state index < -0.39 is 0 Å². The Kier molecular flexibility index (Phi) is 5.96.